The lowest BCUT2D eigenvalue weighted by Crippen LogP contribution is -2.47. The Morgan fingerprint density at radius 3 is 2.74 bits per heavy atom. The highest BCUT2D eigenvalue weighted by molar-refractivity contribution is 5.87. The molecule has 0 aromatic carbocycles. The highest BCUT2D eigenvalue weighted by Crippen LogP contribution is 2.48. The van der Waals surface area contributed by atoms with Crippen molar-refractivity contribution >= 4 is 22.9 Å². The summed E-state index contributed by atoms with van der Waals surface area (Å²) in [4.78, 5) is 28.8. The van der Waals surface area contributed by atoms with Crippen molar-refractivity contribution < 1.29 is 24.1 Å². The van der Waals surface area contributed by atoms with E-state index in [1.54, 1.807) is 40.8 Å². The summed E-state index contributed by atoms with van der Waals surface area (Å²) in [5, 5.41) is 13.8. The van der Waals surface area contributed by atoms with E-state index in [4.69, 9.17) is 19.7 Å². The van der Waals surface area contributed by atoms with Crippen LogP contribution in [-0.4, -0.2) is 67.3 Å². The Hall–Kier alpha value is -2.92. The number of rotatable bonds is 3. The lowest BCUT2D eigenvalue weighted by Gasteiger charge is -2.34. The number of fused-ring (bicyclic) bond motifs is 2. The zero-order chi connectivity index (χ0) is 22.6. The minimum atomic E-state index is -0.890. The molecule has 2 aliphatic rings. The van der Waals surface area contributed by atoms with Crippen LogP contribution in [0.15, 0.2) is 17.6 Å². The SMILES string of the molecule is CC(C)(C)OC(=O)N1C(CO)C2OC(C)(C)OC2C1c1c[nH]c2c(N=[N+]=[N-])ncnc12. The van der Waals surface area contributed by atoms with Gasteiger partial charge in [0.05, 0.1) is 29.7 Å². The van der Waals surface area contributed by atoms with Gasteiger partial charge in [-0.05, 0) is 45.3 Å². The number of aromatic amines is 1. The molecule has 0 radical (unpaired) electrons. The van der Waals surface area contributed by atoms with Crippen molar-refractivity contribution in [3.05, 3.63) is 28.5 Å². The summed E-state index contributed by atoms with van der Waals surface area (Å²) in [5.74, 6) is -0.752. The molecule has 2 aliphatic heterocycles. The quantitative estimate of drug-likeness (QED) is 0.429. The molecule has 31 heavy (non-hydrogen) atoms. The number of likely N-dealkylation sites (tertiary alicyclic amines) is 1. The predicted octanol–water partition coefficient (Wildman–Crippen LogP) is 3.07. The summed E-state index contributed by atoms with van der Waals surface area (Å²) in [6, 6.07) is -1.35. The Bertz CT molecular complexity index is 1060. The van der Waals surface area contributed by atoms with Crippen molar-refractivity contribution in [3.63, 3.8) is 0 Å². The summed E-state index contributed by atoms with van der Waals surface area (Å²) in [5.41, 5.74) is 9.60. The van der Waals surface area contributed by atoms with Crippen molar-refractivity contribution in [2.24, 2.45) is 5.11 Å². The van der Waals surface area contributed by atoms with Crippen molar-refractivity contribution in [3.8, 4) is 0 Å². The summed E-state index contributed by atoms with van der Waals surface area (Å²) in [7, 11) is 0. The minimum absolute atomic E-state index is 0.139. The van der Waals surface area contributed by atoms with Crippen LogP contribution < -0.4 is 0 Å². The van der Waals surface area contributed by atoms with Gasteiger partial charge in [-0.25, -0.2) is 14.8 Å². The van der Waals surface area contributed by atoms with E-state index in [1.807, 2.05) is 0 Å². The Morgan fingerprint density at radius 2 is 2.10 bits per heavy atom. The Morgan fingerprint density at radius 1 is 1.39 bits per heavy atom. The number of aliphatic hydroxyl groups is 1. The molecule has 12 nitrogen and oxygen atoms in total. The monoisotopic (exact) mass is 431 g/mol. The molecule has 2 N–H and O–H groups in total. The van der Waals surface area contributed by atoms with E-state index >= 15 is 0 Å². The molecule has 2 fully saturated rings. The van der Waals surface area contributed by atoms with Gasteiger partial charge >= 0.3 is 6.09 Å². The van der Waals surface area contributed by atoms with E-state index in [1.165, 1.54) is 11.2 Å². The molecule has 1 amide bonds. The van der Waals surface area contributed by atoms with Crippen LogP contribution in [0.25, 0.3) is 21.5 Å². The second kappa shape index (κ2) is 7.34. The summed E-state index contributed by atoms with van der Waals surface area (Å²) < 4.78 is 17.8. The Labute approximate surface area is 178 Å². The van der Waals surface area contributed by atoms with Crippen molar-refractivity contribution in [2.45, 2.75) is 70.3 Å². The fourth-order valence-electron chi connectivity index (χ4n) is 4.25. The van der Waals surface area contributed by atoms with Gasteiger partial charge in [-0.15, -0.1) is 0 Å². The highest BCUT2D eigenvalue weighted by atomic mass is 16.8. The molecule has 4 atom stereocenters. The zero-order valence-electron chi connectivity index (χ0n) is 17.9. The van der Waals surface area contributed by atoms with Gasteiger partial charge in [0.1, 0.15) is 24.1 Å². The number of ether oxygens (including phenoxy) is 3. The number of nitrogens with one attached hydrogen (secondary N) is 1. The number of H-pyrrole nitrogens is 1. The maximum Gasteiger partial charge on any atom is 0.411 e. The maximum absolute atomic E-state index is 13.2. The van der Waals surface area contributed by atoms with Crippen LogP contribution in [-0.2, 0) is 14.2 Å². The van der Waals surface area contributed by atoms with Crippen molar-refractivity contribution in [2.75, 3.05) is 6.61 Å². The number of carbonyl (C=O) groups is 1. The number of amides is 1. The second-order valence-electron chi connectivity index (χ2n) is 9.00. The van der Waals surface area contributed by atoms with Crippen LogP contribution in [0.4, 0.5) is 10.6 Å². The first-order chi connectivity index (χ1) is 14.6. The van der Waals surface area contributed by atoms with Crippen molar-refractivity contribution in [1.82, 2.24) is 19.9 Å². The van der Waals surface area contributed by atoms with E-state index in [9.17, 15) is 9.90 Å². The van der Waals surface area contributed by atoms with Gasteiger partial charge in [-0.1, -0.05) is 0 Å². The number of hydrogen-bond donors (Lipinski definition) is 2. The predicted molar refractivity (Wildman–Crippen MR) is 108 cm³/mol. The molecule has 2 saturated heterocycles. The molecule has 2 aromatic heterocycles. The van der Waals surface area contributed by atoms with Gasteiger partial charge in [0.15, 0.2) is 11.6 Å². The van der Waals surface area contributed by atoms with Gasteiger partial charge in [0.2, 0.25) is 0 Å². The van der Waals surface area contributed by atoms with Gasteiger partial charge in [0, 0.05) is 16.7 Å². The first-order valence-corrected chi connectivity index (χ1v) is 9.91. The third kappa shape index (κ3) is 3.68. The molecule has 0 spiro atoms. The van der Waals surface area contributed by atoms with Crippen LogP contribution in [0.5, 0.6) is 0 Å². The number of aromatic nitrogens is 3. The number of aliphatic hydroxyl groups excluding tert-OH is 1. The molecule has 0 bridgehead atoms. The smallest absolute Gasteiger partial charge is 0.411 e. The van der Waals surface area contributed by atoms with Crippen LogP contribution in [0.2, 0.25) is 0 Å². The number of nitrogens with zero attached hydrogens (tertiary/aromatic N) is 6. The summed E-state index contributed by atoms with van der Waals surface area (Å²) >= 11 is 0. The lowest BCUT2D eigenvalue weighted by atomic mass is 10.0. The van der Waals surface area contributed by atoms with Gasteiger partial charge < -0.3 is 24.3 Å². The molecule has 2 aromatic rings. The summed E-state index contributed by atoms with van der Waals surface area (Å²) in [6.07, 6.45) is 1.21. The largest absolute Gasteiger partial charge is 0.444 e. The number of azide groups is 1. The van der Waals surface area contributed by atoms with Gasteiger partial charge in [0.25, 0.3) is 0 Å². The molecule has 4 unspecified atom stereocenters. The standard InChI is InChI=1S/C19H25N7O5/c1-18(2,3)31-17(28)26-10(7-27)14-15(30-19(4,5)29-14)13(26)9-6-21-12-11(9)22-8-23-16(12)24-25-20/h6,8,10,13-15,21,27H,7H2,1-5H3. The molecule has 166 valence electrons. The average molecular weight is 431 g/mol. The maximum atomic E-state index is 13.2. The minimum Gasteiger partial charge on any atom is -0.444 e. The van der Waals surface area contributed by atoms with Crippen LogP contribution >= 0.6 is 0 Å². The molecule has 0 aliphatic carbocycles. The topological polar surface area (TPSA) is 159 Å². The van der Waals surface area contributed by atoms with E-state index in [0.29, 0.717) is 16.6 Å². The van der Waals surface area contributed by atoms with Crippen LogP contribution in [0, 0.1) is 0 Å². The highest BCUT2D eigenvalue weighted by Gasteiger charge is 2.60. The van der Waals surface area contributed by atoms with Crippen molar-refractivity contribution in [1.29, 1.82) is 0 Å². The third-order valence-corrected chi connectivity index (χ3v) is 5.23. The zero-order valence-corrected chi connectivity index (χ0v) is 17.9. The molecular formula is C19H25N7O5. The van der Waals surface area contributed by atoms with E-state index in [0.717, 1.165) is 0 Å². The molecule has 4 rings (SSSR count). The van der Waals surface area contributed by atoms with Crippen LogP contribution in [0.3, 0.4) is 0 Å². The van der Waals surface area contributed by atoms with E-state index in [2.05, 4.69) is 25.0 Å². The number of hydrogen-bond acceptors (Lipinski definition) is 8. The van der Waals surface area contributed by atoms with E-state index in [-0.39, 0.29) is 12.4 Å². The average Bonchev–Trinajstić information content (AvgIpc) is 3.29. The Kier molecular flexibility index (Phi) is 5.05. The first kappa shape index (κ1) is 21.3. The normalized spacial score (nSPS) is 27.2. The van der Waals surface area contributed by atoms with Gasteiger partial charge in [-0.3, -0.25) is 4.90 Å². The molecule has 0 saturated carbocycles. The first-order valence-electron chi connectivity index (χ1n) is 9.91. The van der Waals surface area contributed by atoms with Crippen LogP contribution in [0.1, 0.15) is 46.2 Å². The molecule has 12 heteroatoms. The molecule has 4 heterocycles. The fraction of sp³-hybridized carbons (Fsp3) is 0.632. The third-order valence-electron chi connectivity index (χ3n) is 5.23. The molecular weight excluding hydrogens is 406 g/mol. The van der Waals surface area contributed by atoms with Gasteiger partial charge in [-0.2, -0.15) is 0 Å². The second-order valence-corrected chi connectivity index (χ2v) is 9.00. The summed E-state index contributed by atoms with van der Waals surface area (Å²) in [6.45, 7) is 8.54. The number of carbonyl (C=O) groups excluding carboxylic acids is 1. The van der Waals surface area contributed by atoms with E-state index < -0.39 is 41.8 Å². The fourth-order valence-corrected chi connectivity index (χ4v) is 4.25. The Balaban J connectivity index is 1.85. The lowest BCUT2D eigenvalue weighted by molar-refractivity contribution is -0.168.